The van der Waals surface area contributed by atoms with E-state index in [0.29, 0.717) is 24.5 Å². The Bertz CT molecular complexity index is 475. The van der Waals surface area contributed by atoms with Crippen molar-refractivity contribution in [2.24, 2.45) is 5.84 Å². The molecule has 1 aromatic rings. The molecule has 0 bridgehead atoms. The Balaban J connectivity index is 2.30. The zero-order chi connectivity index (χ0) is 14.5. The fourth-order valence-corrected chi connectivity index (χ4v) is 2.53. The summed E-state index contributed by atoms with van der Waals surface area (Å²) in [5.41, 5.74) is 3.29. The molecule has 1 fully saturated rings. The van der Waals surface area contributed by atoms with Gasteiger partial charge in [0.2, 0.25) is 0 Å². The number of hydrogen-bond acceptors (Lipinski definition) is 6. The molecule has 1 aromatic carbocycles. The maximum absolute atomic E-state index is 11.3. The van der Waals surface area contributed by atoms with Gasteiger partial charge in [0.05, 0.1) is 11.0 Å². The predicted molar refractivity (Wildman–Crippen MR) is 77.8 cm³/mol. The Hall–Kier alpha value is -1.86. The van der Waals surface area contributed by atoms with Crippen LogP contribution in [-0.2, 0) is 4.74 Å². The van der Waals surface area contributed by atoms with E-state index < -0.39 is 4.92 Å². The minimum absolute atomic E-state index is 0.00912. The quantitative estimate of drug-likeness (QED) is 0.469. The molecule has 2 rings (SSSR count). The van der Waals surface area contributed by atoms with E-state index in [0.717, 1.165) is 19.4 Å². The average molecular weight is 280 g/mol. The molecule has 7 heteroatoms. The smallest absolute Gasteiger partial charge is 0.316 e. The first-order valence-corrected chi connectivity index (χ1v) is 6.78. The van der Waals surface area contributed by atoms with Crippen molar-refractivity contribution in [3.05, 3.63) is 28.3 Å². The van der Waals surface area contributed by atoms with Crippen molar-refractivity contribution in [1.82, 2.24) is 0 Å². The van der Waals surface area contributed by atoms with Gasteiger partial charge in [0, 0.05) is 19.7 Å². The number of benzene rings is 1. The molecule has 0 saturated carbocycles. The van der Waals surface area contributed by atoms with Crippen molar-refractivity contribution < 1.29 is 9.66 Å². The van der Waals surface area contributed by atoms with Gasteiger partial charge in [-0.1, -0.05) is 6.07 Å². The van der Waals surface area contributed by atoms with Gasteiger partial charge < -0.3 is 15.1 Å². The highest BCUT2D eigenvalue weighted by Gasteiger charge is 2.26. The van der Waals surface area contributed by atoms with Gasteiger partial charge in [-0.25, -0.2) is 0 Å². The lowest BCUT2D eigenvalue weighted by molar-refractivity contribution is -0.383. The Kier molecular flexibility index (Phi) is 4.75. The number of anilines is 2. The number of hydrazine groups is 1. The van der Waals surface area contributed by atoms with Crippen LogP contribution in [0.4, 0.5) is 17.1 Å². The maximum Gasteiger partial charge on any atom is 0.316 e. The van der Waals surface area contributed by atoms with Gasteiger partial charge >= 0.3 is 5.69 Å². The molecule has 20 heavy (non-hydrogen) atoms. The molecule has 0 aromatic heterocycles. The molecular weight excluding hydrogens is 260 g/mol. The van der Waals surface area contributed by atoms with Crippen LogP contribution in [-0.4, -0.2) is 30.7 Å². The zero-order valence-corrected chi connectivity index (χ0v) is 11.5. The van der Waals surface area contributed by atoms with E-state index in [1.54, 1.807) is 18.2 Å². The van der Waals surface area contributed by atoms with Crippen LogP contribution in [0.25, 0.3) is 0 Å². The number of nitrogens with two attached hydrogens (primary N) is 1. The highest BCUT2D eigenvalue weighted by atomic mass is 16.6. The Labute approximate surface area is 117 Å². The molecule has 0 spiro atoms. The fraction of sp³-hybridized carbons (Fsp3) is 0.538. The van der Waals surface area contributed by atoms with Gasteiger partial charge in [0.15, 0.2) is 0 Å². The second-order valence-electron chi connectivity index (χ2n) is 4.75. The Morgan fingerprint density at radius 1 is 1.60 bits per heavy atom. The second-order valence-corrected chi connectivity index (χ2v) is 4.75. The first kappa shape index (κ1) is 14.5. The van der Waals surface area contributed by atoms with Crippen molar-refractivity contribution in [3.63, 3.8) is 0 Å². The minimum Gasteiger partial charge on any atom is -0.376 e. The van der Waals surface area contributed by atoms with Crippen molar-refractivity contribution in [1.29, 1.82) is 0 Å². The lowest BCUT2D eigenvalue weighted by Gasteiger charge is -2.26. The molecule has 7 nitrogen and oxygen atoms in total. The summed E-state index contributed by atoms with van der Waals surface area (Å²) in [7, 11) is 0. The molecule has 0 aliphatic carbocycles. The van der Waals surface area contributed by atoms with Gasteiger partial charge in [-0.2, -0.15) is 0 Å². The number of nitro groups is 1. The number of ether oxygens (including phenoxy) is 1. The number of nitro benzene ring substituents is 1. The van der Waals surface area contributed by atoms with Crippen LogP contribution in [0.2, 0.25) is 0 Å². The van der Waals surface area contributed by atoms with Gasteiger partial charge in [-0.05, 0) is 31.9 Å². The van der Waals surface area contributed by atoms with E-state index in [4.69, 9.17) is 10.6 Å². The number of nitrogens with one attached hydrogen (secondary N) is 1. The number of hydrogen-bond donors (Lipinski definition) is 2. The monoisotopic (exact) mass is 280 g/mol. The molecule has 3 N–H and O–H groups in total. The summed E-state index contributed by atoms with van der Waals surface area (Å²) in [6.45, 7) is 4.08. The summed E-state index contributed by atoms with van der Waals surface area (Å²) >= 11 is 0. The van der Waals surface area contributed by atoms with E-state index in [1.807, 2.05) is 11.8 Å². The van der Waals surface area contributed by atoms with Crippen LogP contribution in [0, 0.1) is 10.1 Å². The number of para-hydroxylation sites is 1. The third-order valence-corrected chi connectivity index (χ3v) is 3.52. The standard InChI is InChI=1S/C13H20N4O3/c1-2-16(9-10-5-4-8-20-10)12-7-3-6-11(15-14)13(12)17(18)19/h3,6-7,10,15H,2,4-5,8-9,14H2,1H3. The summed E-state index contributed by atoms with van der Waals surface area (Å²) in [5, 5.41) is 11.3. The predicted octanol–water partition coefficient (Wildman–Crippen LogP) is 1.89. The molecule has 1 aliphatic heterocycles. The van der Waals surface area contributed by atoms with Gasteiger partial charge in [0.25, 0.3) is 0 Å². The molecule has 0 radical (unpaired) electrons. The van der Waals surface area contributed by atoms with Crippen LogP contribution in [0.5, 0.6) is 0 Å². The molecule has 1 saturated heterocycles. The highest BCUT2D eigenvalue weighted by Crippen LogP contribution is 2.35. The summed E-state index contributed by atoms with van der Waals surface area (Å²) in [4.78, 5) is 12.9. The van der Waals surface area contributed by atoms with E-state index in [1.165, 1.54) is 0 Å². The molecule has 110 valence electrons. The Morgan fingerprint density at radius 2 is 2.40 bits per heavy atom. The maximum atomic E-state index is 11.3. The van der Waals surface area contributed by atoms with Gasteiger partial charge in [0.1, 0.15) is 11.4 Å². The third-order valence-electron chi connectivity index (χ3n) is 3.52. The van der Waals surface area contributed by atoms with Crippen molar-refractivity contribution in [3.8, 4) is 0 Å². The summed E-state index contributed by atoms with van der Waals surface area (Å²) in [6.07, 6.45) is 2.19. The lowest BCUT2D eigenvalue weighted by atomic mass is 10.1. The minimum atomic E-state index is -0.400. The highest BCUT2D eigenvalue weighted by molar-refractivity contribution is 5.76. The third kappa shape index (κ3) is 3.00. The van der Waals surface area contributed by atoms with Crippen molar-refractivity contribution in [2.45, 2.75) is 25.9 Å². The summed E-state index contributed by atoms with van der Waals surface area (Å²) in [6, 6.07) is 5.11. The number of likely N-dealkylation sites (N-methyl/N-ethyl adjacent to an activating group) is 1. The molecule has 1 unspecified atom stereocenters. The fourth-order valence-electron chi connectivity index (χ4n) is 2.53. The normalized spacial score (nSPS) is 18.0. The molecular formula is C13H20N4O3. The van der Waals surface area contributed by atoms with Crippen LogP contribution >= 0.6 is 0 Å². The van der Waals surface area contributed by atoms with Gasteiger partial charge in [-0.15, -0.1) is 0 Å². The van der Waals surface area contributed by atoms with Crippen LogP contribution in [0.15, 0.2) is 18.2 Å². The van der Waals surface area contributed by atoms with Crippen LogP contribution in [0.3, 0.4) is 0 Å². The van der Waals surface area contributed by atoms with Crippen LogP contribution < -0.4 is 16.2 Å². The summed E-state index contributed by atoms with van der Waals surface area (Å²) in [5.74, 6) is 5.36. The molecule has 1 heterocycles. The molecule has 0 amide bonds. The van der Waals surface area contributed by atoms with E-state index in [-0.39, 0.29) is 11.8 Å². The van der Waals surface area contributed by atoms with E-state index in [9.17, 15) is 10.1 Å². The lowest BCUT2D eigenvalue weighted by Crippen LogP contribution is -2.32. The number of nitrogens with zero attached hydrogens (tertiary/aromatic N) is 2. The number of rotatable bonds is 6. The second kappa shape index (κ2) is 6.53. The molecule has 1 aliphatic rings. The number of nitrogen functional groups attached to an aromatic ring is 1. The largest absolute Gasteiger partial charge is 0.376 e. The zero-order valence-electron chi connectivity index (χ0n) is 11.5. The van der Waals surface area contributed by atoms with Crippen molar-refractivity contribution >= 4 is 17.1 Å². The first-order chi connectivity index (χ1) is 9.67. The first-order valence-electron chi connectivity index (χ1n) is 6.78. The topological polar surface area (TPSA) is 93.7 Å². The summed E-state index contributed by atoms with van der Waals surface area (Å²) < 4.78 is 5.61. The molecule has 1 atom stereocenters. The SMILES string of the molecule is CCN(CC1CCCO1)c1cccc(NN)c1[N+](=O)[O-]. The van der Waals surface area contributed by atoms with Gasteiger partial charge in [-0.3, -0.25) is 16.0 Å². The van der Waals surface area contributed by atoms with E-state index >= 15 is 0 Å². The Morgan fingerprint density at radius 3 is 2.95 bits per heavy atom. The van der Waals surface area contributed by atoms with Crippen LogP contribution in [0.1, 0.15) is 19.8 Å². The van der Waals surface area contributed by atoms with Crippen molar-refractivity contribution in [2.75, 3.05) is 30.0 Å². The van der Waals surface area contributed by atoms with E-state index in [2.05, 4.69) is 5.43 Å². The average Bonchev–Trinajstić information content (AvgIpc) is 2.96.